The first kappa shape index (κ1) is 14.5. The zero-order valence-corrected chi connectivity index (χ0v) is 11.9. The molecule has 1 aromatic carbocycles. The largest absolute Gasteiger partial charge is 0.274 e. The number of fused-ring (bicyclic) bond motifs is 1. The third-order valence-corrected chi connectivity index (χ3v) is 4.69. The van der Waals surface area contributed by atoms with Crippen molar-refractivity contribution in [2.45, 2.75) is 25.7 Å². The lowest BCUT2D eigenvalue weighted by atomic mass is 9.98. The minimum Gasteiger partial charge on any atom is -0.274 e. The maximum absolute atomic E-state index is 12.1. The topological polar surface area (TPSA) is 63.2 Å². The molecule has 1 amide bonds. The molecule has 0 saturated heterocycles. The van der Waals surface area contributed by atoms with Gasteiger partial charge in [0.05, 0.1) is 4.91 Å². The van der Waals surface area contributed by atoms with E-state index < -0.39 is 15.9 Å². The van der Waals surface area contributed by atoms with Gasteiger partial charge in [-0.25, -0.2) is 13.1 Å². The van der Waals surface area contributed by atoms with Crippen molar-refractivity contribution in [3.8, 4) is 0 Å². The number of amides is 1. The van der Waals surface area contributed by atoms with E-state index in [0.29, 0.717) is 19.3 Å². The predicted molar refractivity (Wildman–Crippen MR) is 79.2 cm³/mol. The summed E-state index contributed by atoms with van der Waals surface area (Å²) in [6.07, 6.45) is 4.91. The zero-order valence-electron chi connectivity index (χ0n) is 11.1. The molecule has 20 heavy (non-hydrogen) atoms. The number of carbonyl (C=O) groups excluding carboxylic acids is 1. The van der Waals surface area contributed by atoms with E-state index in [-0.39, 0.29) is 11.3 Å². The van der Waals surface area contributed by atoms with E-state index in [2.05, 4.69) is 11.3 Å². The first-order chi connectivity index (χ1) is 9.53. The molecule has 2 rings (SSSR count). The number of allylic oxidation sites excluding steroid dienone is 2. The lowest BCUT2D eigenvalue weighted by Gasteiger charge is -2.16. The highest BCUT2D eigenvalue weighted by atomic mass is 32.2. The molecule has 106 valence electrons. The van der Waals surface area contributed by atoms with Crippen LogP contribution < -0.4 is 4.72 Å². The Kier molecular flexibility index (Phi) is 4.39. The minimum atomic E-state index is -3.73. The van der Waals surface area contributed by atoms with Gasteiger partial charge in [-0.1, -0.05) is 30.3 Å². The van der Waals surface area contributed by atoms with E-state index in [1.54, 1.807) is 12.2 Å². The van der Waals surface area contributed by atoms with Crippen LogP contribution in [-0.2, 0) is 21.2 Å². The maximum atomic E-state index is 12.1. The molecule has 1 aliphatic rings. The Morgan fingerprint density at radius 2 is 2.05 bits per heavy atom. The fraction of sp³-hybridized carbons (Fsp3) is 0.267. The molecule has 1 aromatic rings. The molecule has 0 aromatic heterocycles. The smallest absolute Gasteiger partial charge is 0.260 e. The second-order valence-electron chi connectivity index (χ2n) is 4.67. The second-order valence-corrected chi connectivity index (χ2v) is 6.40. The highest BCUT2D eigenvalue weighted by molar-refractivity contribution is 7.94. The van der Waals surface area contributed by atoms with Gasteiger partial charge in [-0.2, -0.15) is 0 Å². The first-order valence-electron chi connectivity index (χ1n) is 6.48. The van der Waals surface area contributed by atoms with Crippen LogP contribution in [0.2, 0.25) is 0 Å². The molecule has 5 heteroatoms. The van der Waals surface area contributed by atoms with E-state index in [1.807, 2.05) is 24.3 Å². The Morgan fingerprint density at radius 3 is 2.80 bits per heavy atom. The van der Waals surface area contributed by atoms with Gasteiger partial charge in [0.2, 0.25) is 5.91 Å². The van der Waals surface area contributed by atoms with E-state index in [9.17, 15) is 13.2 Å². The minimum absolute atomic E-state index is 0.132. The van der Waals surface area contributed by atoms with Gasteiger partial charge in [0, 0.05) is 6.42 Å². The van der Waals surface area contributed by atoms with Crippen LogP contribution in [0.4, 0.5) is 0 Å². The number of hydrogen-bond acceptors (Lipinski definition) is 3. The molecule has 0 fully saturated rings. The SMILES string of the molecule is C=CCCC(=O)NS(=O)(=O)C1=Cc2ccccc2CC1. The van der Waals surface area contributed by atoms with Gasteiger partial charge in [0.1, 0.15) is 0 Å². The Hall–Kier alpha value is -1.88. The molecule has 0 bridgehead atoms. The standard InChI is InChI=1S/C15H17NO3S/c1-2-3-8-15(17)16-20(18,19)14-10-9-12-6-4-5-7-13(12)11-14/h2,4-7,11H,1,3,8-10H2,(H,16,17). The van der Waals surface area contributed by atoms with Gasteiger partial charge in [-0.05, 0) is 36.5 Å². The van der Waals surface area contributed by atoms with E-state index >= 15 is 0 Å². The van der Waals surface area contributed by atoms with Crippen LogP contribution in [0.15, 0.2) is 41.8 Å². The van der Waals surface area contributed by atoms with Gasteiger partial charge in [0.15, 0.2) is 0 Å². The molecule has 0 heterocycles. The number of nitrogens with one attached hydrogen (secondary N) is 1. The molecule has 0 atom stereocenters. The summed E-state index contributed by atoms with van der Waals surface area (Å²) in [6, 6.07) is 7.66. The van der Waals surface area contributed by atoms with Crippen LogP contribution >= 0.6 is 0 Å². The van der Waals surface area contributed by atoms with Crippen LogP contribution in [0, 0.1) is 0 Å². The summed E-state index contributed by atoms with van der Waals surface area (Å²) in [5, 5.41) is 0. The number of sulfonamides is 1. The summed E-state index contributed by atoms with van der Waals surface area (Å²) in [6.45, 7) is 3.50. The van der Waals surface area contributed by atoms with Crippen LogP contribution in [0.25, 0.3) is 6.08 Å². The van der Waals surface area contributed by atoms with Crippen LogP contribution in [0.3, 0.4) is 0 Å². The lowest BCUT2D eigenvalue weighted by Crippen LogP contribution is -2.31. The fourth-order valence-corrected chi connectivity index (χ4v) is 3.30. The van der Waals surface area contributed by atoms with Crippen molar-refractivity contribution in [3.05, 3.63) is 53.0 Å². The summed E-state index contributed by atoms with van der Waals surface area (Å²) in [5.41, 5.74) is 2.03. The van der Waals surface area contributed by atoms with Crippen LogP contribution in [-0.4, -0.2) is 14.3 Å². The number of hydrogen-bond donors (Lipinski definition) is 1. The highest BCUT2D eigenvalue weighted by Crippen LogP contribution is 2.26. The summed E-state index contributed by atoms with van der Waals surface area (Å²) < 4.78 is 26.4. The van der Waals surface area contributed by atoms with Crippen molar-refractivity contribution in [2.24, 2.45) is 0 Å². The van der Waals surface area contributed by atoms with Gasteiger partial charge < -0.3 is 0 Å². The fourth-order valence-electron chi connectivity index (χ4n) is 2.12. The van der Waals surface area contributed by atoms with Crippen molar-refractivity contribution >= 4 is 22.0 Å². The van der Waals surface area contributed by atoms with Crippen molar-refractivity contribution in [1.82, 2.24) is 4.72 Å². The molecule has 0 saturated carbocycles. The molecule has 4 nitrogen and oxygen atoms in total. The quantitative estimate of drug-likeness (QED) is 0.847. The molecule has 0 aliphatic heterocycles. The second kappa shape index (κ2) is 6.05. The van der Waals surface area contributed by atoms with Crippen LogP contribution in [0.1, 0.15) is 30.4 Å². The Bertz CT molecular complexity index is 659. The zero-order chi connectivity index (χ0) is 14.6. The molecule has 0 unspecified atom stereocenters. The monoisotopic (exact) mass is 291 g/mol. The number of rotatable bonds is 5. The van der Waals surface area contributed by atoms with E-state index in [1.165, 1.54) is 0 Å². The van der Waals surface area contributed by atoms with Gasteiger partial charge in [-0.15, -0.1) is 6.58 Å². The molecular formula is C15H17NO3S. The molecule has 0 spiro atoms. The van der Waals surface area contributed by atoms with Crippen LogP contribution in [0.5, 0.6) is 0 Å². The Balaban J connectivity index is 2.17. The average Bonchev–Trinajstić information content (AvgIpc) is 2.44. The summed E-state index contributed by atoms with van der Waals surface area (Å²) >= 11 is 0. The number of aryl methyl sites for hydroxylation is 1. The Labute approximate surface area is 119 Å². The molecule has 1 N–H and O–H groups in total. The van der Waals surface area contributed by atoms with Crippen molar-refractivity contribution in [2.75, 3.05) is 0 Å². The van der Waals surface area contributed by atoms with E-state index in [0.717, 1.165) is 11.1 Å². The van der Waals surface area contributed by atoms with E-state index in [4.69, 9.17) is 0 Å². The Morgan fingerprint density at radius 1 is 1.30 bits per heavy atom. The van der Waals surface area contributed by atoms with Gasteiger partial charge in [-0.3, -0.25) is 4.79 Å². The van der Waals surface area contributed by atoms with Gasteiger partial charge >= 0.3 is 0 Å². The van der Waals surface area contributed by atoms with Crippen molar-refractivity contribution < 1.29 is 13.2 Å². The average molecular weight is 291 g/mol. The maximum Gasteiger partial charge on any atom is 0.260 e. The summed E-state index contributed by atoms with van der Waals surface area (Å²) in [4.78, 5) is 11.8. The van der Waals surface area contributed by atoms with Crippen molar-refractivity contribution in [1.29, 1.82) is 0 Å². The molecular weight excluding hydrogens is 274 g/mol. The molecule has 1 aliphatic carbocycles. The van der Waals surface area contributed by atoms with Gasteiger partial charge in [0.25, 0.3) is 10.0 Å². The first-order valence-corrected chi connectivity index (χ1v) is 7.96. The highest BCUT2D eigenvalue weighted by Gasteiger charge is 2.23. The third-order valence-electron chi connectivity index (χ3n) is 3.18. The normalized spacial score (nSPS) is 14.1. The summed E-state index contributed by atoms with van der Waals surface area (Å²) in [7, 11) is -3.73. The third kappa shape index (κ3) is 3.36. The number of benzene rings is 1. The lowest BCUT2D eigenvalue weighted by molar-refractivity contribution is -0.119. The molecule has 0 radical (unpaired) electrons. The summed E-state index contributed by atoms with van der Waals surface area (Å²) in [5.74, 6) is -0.496. The predicted octanol–water partition coefficient (Wildman–Crippen LogP) is 2.39. The van der Waals surface area contributed by atoms with Crippen molar-refractivity contribution in [3.63, 3.8) is 0 Å². The number of carbonyl (C=O) groups is 1.